The Morgan fingerprint density at radius 3 is 2.95 bits per heavy atom. The number of imidazole rings is 1. The maximum absolute atomic E-state index is 5.38. The van der Waals surface area contributed by atoms with Gasteiger partial charge >= 0.3 is 0 Å². The van der Waals surface area contributed by atoms with Crippen molar-refractivity contribution in [2.75, 3.05) is 6.54 Å². The SMILES string of the molecule is CCNCc1cc(-c2nc3ccccc3n2C)on1. The van der Waals surface area contributed by atoms with Crippen molar-refractivity contribution in [1.29, 1.82) is 0 Å². The number of nitrogens with zero attached hydrogens (tertiary/aromatic N) is 3. The van der Waals surface area contributed by atoms with Gasteiger partial charge in [-0.2, -0.15) is 0 Å². The van der Waals surface area contributed by atoms with Gasteiger partial charge in [0.2, 0.25) is 5.76 Å². The number of aromatic nitrogens is 3. The molecule has 0 atom stereocenters. The van der Waals surface area contributed by atoms with E-state index < -0.39 is 0 Å². The zero-order valence-corrected chi connectivity index (χ0v) is 11.1. The lowest BCUT2D eigenvalue weighted by Gasteiger charge is -1.97. The highest BCUT2D eigenvalue weighted by atomic mass is 16.5. The number of hydrogen-bond donors (Lipinski definition) is 1. The Bertz CT molecular complexity index is 698. The van der Waals surface area contributed by atoms with E-state index in [1.54, 1.807) is 0 Å². The van der Waals surface area contributed by atoms with Crippen LogP contribution < -0.4 is 5.32 Å². The van der Waals surface area contributed by atoms with Crippen LogP contribution in [-0.2, 0) is 13.6 Å². The Balaban J connectivity index is 1.99. The molecule has 1 N–H and O–H groups in total. The average molecular weight is 256 g/mol. The van der Waals surface area contributed by atoms with Crippen molar-refractivity contribution >= 4 is 11.0 Å². The summed E-state index contributed by atoms with van der Waals surface area (Å²) in [6.07, 6.45) is 0. The van der Waals surface area contributed by atoms with E-state index in [0.717, 1.165) is 29.1 Å². The third kappa shape index (κ3) is 2.13. The second-order valence-corrected chi connectivity index (χ2v) is 4.45. The highest BCUT2D eigenvalue weighted by Crippen LogP contribution is 2.23. The number of hydrogen-bond acceptors (Lipinski definition) is 4. The summed E-state index contributed by atoms with van der Waals surface area (Å²) in [5.41, 5.74) is 2.94. The largest absolute Gasteiger partial charge is 0.353 e. The molecule has 0 aliphatic heterocycles. The number of para-hydroxylation sites is 2. The van der Waals surface area contributed by atoms with Gasteiger partial charge in [-0.25, -0.2) is 4.98 Å². The molecule has 2 aromatic heterocycles. The van der Waals surface area contributed by atoms with E-state index in [4.69, 9.17) is 4.52 Å². The van der Waals surface area contributed by atoms with Crippen LogP contribution in [0.15, 0.2) is 34.9 Å². The molecule has 5 heteroatoms. The molecule has 3 aromatic rings. The monoisotopic (exact) mass is 256 g/mol. The van der Waals surface area contributed by atoms with Crippen molar-refractivity contribution in [3.05, 3.63) is 36.0 Å². The fraction of sp³-hybridized carbons (Fsp3) is 0.286. The van der Waals surface area contributed by atoms with Gasteiger partial charge in [-0.15, -0.1) is 0 Å². The summed E-state index contributed by atoms with van der Waals surface area (Å²) in [4.78, 5) is 4.58. The molecule has 0 amide bonds. The number of rotatable bonds is 4. The first-order valence-corrected chi connectivity index (χ1v) is 6.37. The van der Waals surface area contributed by atoms with E-state index in [0.29, 0.717) is 12.3 Å². The van der Waals surface area contributed by atoms with E-state index in [-0.39, 0.29) is 0 Å². The molecular formula is C14H16N4O. The molecule has 5 nitrogen and oxygen atoms in total. The van der Waals surface area contributed by atoms with E-state index in [9.17, 15) is 0 Å². The first kappa shape index (κ1) is 11.9. The molecule has 0 saturated carbocycles. The smallest absolute Gasteiger partial charge is 0.202 e. The van der Waals surface area contributed by atoms with Crippen LogP contribution in [0, 0.1) is 0 Å². The van der Waals surface area contributed by atoms with Crippen LogP contribution in [0.1, 0.15) is 12.6 Å². The van der Waals surface area contributed by atoms with E-state index in [1.807, 2.05) is 41.9 Å². The quantitative estimate of drug-likeness (QED) is 0.778. The minimum absolute atomic E-state index is 0.701. The van der Waals surface area contributed by atoms with Crippen molar-refractivity contribution in [3.8, 4) is 11.6 Å². The van der Waals surface area contributed by atoms with Crippen LogP contribution in [-0.4, -0.2) is 21.3 Å². The minimum Gasteiger partial charge on any atom is -0.353 e. The van der Waals surface area contributed by atoms with Gasteiger partial charge in [-0.1, -0.05) is 24.2 Å². The zero-order chi connectivity index (χ0) is 13.2. The summed E-state index contributed by atoms with van der Waals surface area (Å²) in [5.74, 6) is 1.50. The van der Waals surface area contributed by atoms with Gasteiger partial charge in [-0.05, 0) is 18.7 Å². The van der Waals surface area contributed by atoms with Gasteiger partial charge < -0.3 is 14.4 Å². The van der Waals surface area contributed by atoms with Crippen LogP contribution in [0.3, 0.4) is 0 Å². The summed E-state index contributed by atoms with van der Waals surface area (Å²) in [7, 11) is 1.98. The first-order valence-electron chi connectivity index (χ1n) is 6.37. The lowest BCUT2D eigenvalue weighted by Crippen LogP contribution is -2.11. The molecule has 3 rings (SSSR count). The van der Waals surface area contributed by atoms with E-state index in [1.165, 1.54) is 0 Å². The first-order chi connectivity index (χ1) is 9.29. The molecule has 0 bridgehead atoms. The standard InChI is InChI=1S/C14H16N4O/c1-3-15-9-10-8-13(19-17-10)14-16-11-6-4-5-7-12(11)18(14)2/h4-8,15H,3,9H2,1-2H3. The van der Waals surface area contributed by atoms with Crippen LogP contribution >= 0.6 is 0 Å². The van der Waals surface area contributed by atoms with Gasteiger partial charge in [0.05, 0.1) is 16.7 Å². The molecule has 19 heavy (non-hydrogen) atoms. The molecule has 0 spiro atoms. The molecule has 0 aliphatic rings. The highest BCUT2D eigenvalue weighted by Gasteiger charge is 2.14. The van der Waals surface area contributed by atoms with Crippen molar-refractivity contribution in [1.82, 2.24) is 20.0 Å². The molecule has 0 saturated heterocycles. The van der Waals surface area contributed by atoms with Gasteiger partial charge in [0.15, 0.2) is 5.82 Å². The summed E-state index contributed by atoms with van der Waals surface area (Å²) in [5, 5.41) is 7.27. The zero-order valence-electron chi connectivity index (χ0n) is 11.1. The maximum Gasteiger partial charge on any atom is 0.202 e. The van der Waals surface area contributed by atoms with Crippen molar-refractivity contribution < 1.29 is 4.52 Å². The predicted octanol–water partition coefficient (Wildman–Crippen LogP) is 2.34. The Morgan fingerprint density at radius 2 is 2.16 bits per heavy atom. The van der Waals surface area contributed by atoms with Crippen molar-refractivity contribution in [3.63, 3.8) is 0 Å². The van der Waals surface area contributed by atoms with Crippen molar-refractivity contribution in [2.45, 2.75) is 13.5 Å². The topological polar surface area (TPSA) is 55.9 Å². The Kier molecular flexibility index (Phi) is 3.05. The highest BCUT2D eigenvalue weighted by molar-refractivity contribution is 5.79. The third-order valence-corrected chi connectivity index (χ3v) is 3.12. The number of benzene rings is 1. The van der Waals surface area contributed by atoms with Crippen LogP contribution in [0.5, 0.6) is 0 Å². The van der Waals surface area contributed by atoms with Crippen LogP contribution in [0.2, 0.25) is 0 Å². The average Bonchev–Trinajstić information content (AvgIpc) is 3.02. The third-order valence-electron chi connectivity index (χ3n) is 3.12. The molecule has 0 aliphatic carbocycles. The fourth-order valence-electron chi connectivity index (χ4n) is 2.12. The van der Waals surface area contributed by atoms with Gasteiger partial charge in [0.1, 0.15) is 0 Å². The fourth-order valence-corrected chi connectivity index (χ4v) is 2.12. The van der Waals surface area contributed by atoms with E-state index >= 15 is 0 Å². The molecule has 98 valence electrons. The molecule has 2 heterocycles. The lowest BCUT2D eigenvalue weighted by molar-refractivity contribution is 0.417. The molecule has 1 aromatic carbocycles. The summed E-state index contributed by atoms with van der Waals surface area (Å²) in [6, 6.07) is 9.96. The summed E-state index contributed by atoms with van der Waals surface area (Å²) in [6.45, 7) is 3.69. The number of aryl methyl sites for hydroxylation is 1. The summed E-state index contributed by atoms with van der Waals surface area (Å²) >= 11 is 0. The van der Waals surface area contributed by atoms with Gasteiger partial charge in [0, 0.05) is 19.7 Å². The second-order valence-electron chi connectivity index (χ2n) is 4.45. The molecule has 0 fully saturated rings. The van der Waals surface area contributed by atoms with Gasteiger partial charge in [-0.3, -0.25) is 0 Å². The minimum atomic E-state index is 0.701. The Hall–Kier alpha value is -2.14. The van der Waals surface area contributed by atoms with Crippen LogP contribution in [0.4, 0.5) is 0 Å². The van der Waals surface area contributed by atoms with Crippen LogP contribution in [0.25, 0.3) is 22.6 Å². The Morgan fingerprint density at radius 1 is 1.32 bits per heavy atom. The lowest BCUT2D eigenvalue weighted by atomic mass is 10.3. The molecule has 0 radical (unpaired) electrons. The van der Waals surface area contributed by atoms with Gasteiger partial charge in [0.25, 0.3) is 0 Å². The molecule has 0 unspecified atom stereocenters. The second kappa shape index (κ2) is 4.85. The number of nitrogens with one attached hydrogen (secondary N) is 1. The molecular weight excluding hydrogens is 240 g/mol. The van der Waals surface area contributed by atoms with E-state index in [2.05, 4.69) is 22.4 Å². The Labute approximate surface area is 111 Å². The summed E-state index contributed by atoms with van der Waals surface area (Å²) < 4.78 is 7.41. The maximum atomic E-state index is 5.38. The van der Waals surface area contributed by atoms with Crippen molar-refractivity contribution in [2.24, 2.45) is 7.05 Å². The number of fused-ring (bicyclic) bond motifs is 1. The predicted molar refractivity (Wildman–Crippen MR) is 73.6 cm³/mol. The normalized spacial score (nSPS) is 11.3.